The van der Waals surface area contributed by atoms with E-state index in [4.69, 9.17) is 0 Å². The van der Waals surface area contributed by atoms with Gasteiger partial charge in [-0.05, 0) is 62.6 Å². The smallest absolute Gasteiger partial charge is 0.0618 e. The first kappa shape index (κ1) is 15.7. The first-order valence-corrected chi connectivity index (χ1v) is 9.48. The Morgan fingerprint density at radius 2 is 2.04 bits per heavy atom. The standard InChI is InChI=1S/C23H23N3/c1-16-3-8-22-19(13-16)20-15-25(2)11-10-23(20)26(22)12-9-17-4-7-21(24-14-17)18-5-6-18/h3-4,7-8,13-14,18H,5-6,10-11,15H2,1-2H3. The SMILES string of the molecule is Cc1ccc2c(c1)c1c(n2C#Cc2ccc(C3CC3)nc2)CCN(C)C1. The Balaban J connectivity index is 1.58. The molecule has 1 saturated carbocycles. The first-order chi connectivity index (χ1) is 12.7. The normalized spacial score (nSPS) is 17.0. The van der Waals surface area contributed by atoms with Gasteiger partial charge in [0.05, 0.1) is 5.52 Å². The van der Waals surface area contributed by atoms with Crippen LogP contribution in [0.1, 0.15) is 46.8 Å². The van der Waals surface area contributed by atoms with E-state index in [1.54, 1.807) is 0 Å². The van der Waals surface area contributed by atoms with Gasteiger partial charge in [-0.1, -0.05) is 11.6 Å². The highest BCUT2D eigenvalue weighted by molar-refractivity contribution is 5.87. The van der Waals surface area contributed by atoms with Crippen LogP contribution in [0.5, 0.6) is 0 Å². The molecule has 0 spiro atoms. The zero-order valence-electron chi connectivity index (χ0n) is 15.4. The van der Waals surface area contributed by atoms with Crippen LogP contribution >= 0.6 is 0 Å². The average Bonchev–Trinajstić information content (AvgIpc) is 3.45. The van der Waals surface area contributed by atoms with Crippen molar-refractivity contribution in [2.45, 2.75) is 38.6 Å². The maximum Gasteiger partial charge on any atom is 0.0618 e. The summed E-state index contributed by atoms with van der Waals surface area (Å²) in [6, 6.07) is 14.4. The van der Waals surface area contributed by atoms with Crippen molar-refractivity contribution in [1.82, 2.24) is 14.5 Å². The lowest BCUT2D eigenvalue weighted by atomic mass is 10.0. The lowest BCUT2D eigenvalue weighted by Crippen LogP contribution is -2.27. The van der Waals surface area contributed by atoms with Gasteiger partial charge >= 0.3 is 0 Å². The third kappa shape index (κ3) is 2.71. The predicted octanol–water partition coefficient (Wildman–Crippen LogP) is 4.07. The van der Waals surface area contributed by atoms with Crippen molar-refractivity contribution in [3.05, 3.63) is 64.6 Å². The maximum atomic E-state index is 4.59. The fourth-order valence-corrected chi connectivity index (χ4v) is 3.96. The van der Waals surface area contributed by atoms with Crippen LogP contribution < -0.4 is 0 Å². The number of aryl methyl sites for hydroxylation is 1. The van der Waals surface area contributed by atoms with E-state index in [9.17, 15) is 0 Å². The van der Waals surface area contributed by atoms with Crippen molar-refractivity contribution < 1.29 is 0 Å². The van der Waals surface area contributed by atoms with Crippen molar-refractivity contribution in [2.24, 2.45) is 0 Å². The second kappa shape index (κ2) is 6.00. The van der Waals surface area contributed by atoms with Gasteiger partial charge in [-0.2, -0.15) is 0 Å². The van der Waals surface area contributed by atoms with Crippen LogP contribution in [0.4, 0.5) is 0 Å². The fraction of sp³-hybridized carbons (Fsp3) is 0.348. The molecule has 1 aromatic carbocycles. The molecule has 0 amide bonds. The predicted molar refractivity (Wildman–Crippen MR) is 105 cm³/mol. The van der Waals surface area contributed by atoms with E-state index in [0.29, 0.717) is 5.92 Å². The molecule has 1 aliphatic heterocycles. The van der Waals surface area contributed by atoms with Gasteiger partial charge in [0.25, 0.3) is 0 Å². The third-order valence-electron chi connectivity index (χ3n) is 5.59. The van der Waals surface area contributed by atoms with Gasteiger partial charge in [-0.25, -0.2) is 0 Å². The molecule has 3 heterocycles. The largest absolute Gasteiger partial charge is 0.302 e. The molecule has 3 nitrogen and oxygen atoms in total. The molecular weight excluding hydrogens is 318 g/mol. The van der Waals surface area contributed by atoms with Crippen LogP contribution in [0.25, 0.3) is 10.9 Å². The summed E-state index contributed by atoms with van der Waals surface area (Å²) >= 11 is 0. The molecule has 0 radical (unpaired) electrons. The monoisotopic (exact) mass is 341 g/mol. The number of pyridine rings is 1. The highest BCUT2D eigenvalue weighted by Crippen LogP contribution is 2.38. The lowest BCUT2D eigenvalue weighted by Gasteiger charge is -2.23. The van der Waals surface area contributed by atoms with E-state index in [1.807, 2.05) is 6.20 Å². The number of hydrogen-bond donors (Lipinski definition) is 0. The summed E-state index contributed by atoms with van der Waals surface area (Å²) in [5.74, 6) is 4.03. The number of benzene rings is 1. The van der Waals surface area contributed by atoms with Gasteiger partial charge in [-0.15, -0.1) is 0 Å². The van der Waals surface area contributed by atoms with Crippen LogP contribution in [0.2, 0.25) is 0 Å². The molecule has 0 unspecified atom stereocenters. The van der Waals surface area contributed by atoms with Crippen LogP contribution in [-0.4, -0.2) is 28.0 Å². The Hall–Kier alpha value is -2.57. The molecule has 3 heteroatoms. The minimum Gasteiger partial charge on any atom is -0.302 e. The van der Waals surface area contributed by atoms with Crippen molar-refractivity contribution in [3.63, 3.8) is 0 Å². The minimum atomic E-state index is 0.692. The van der Waals surface area contributed by atoms with E-state index in [2.05, 4.69) is 70.7 Å². The van der Waals surface area contributed by atoms with Crippen LogP contribution in [-0.2, 0) is 13.0 Å². The number of likely N-dealkylation sites (N-methyl/N-ethyl adjacent to an activating group) is 1. The molecular formula is C23H23N3. The Labute approximate surface area is 154 Å². The second-order valence-electron chi connectivity index (χ2n) is 7.75. The quantitative estimate of drug-likeness (QED) is 0.622. The summed E-state index contributed by atoms with van der Waals surface area (Å²) in [7, 11) is 2.20. The molecule has 3 aromatic rings. The topological polar surface area (TPSA) is 21.1 Å². The highest BCUT2D eigenvalue weighted by atomic mass is 15.1. The molecule has 130 valence electrons. The molecule has 5 rings (SSSR count). The third-order valence-corrected chi connectivity index (χ3v) is 5.59. The minimum absolute atomic E-state index is 0.692. The van der Waals surface area contributed by atoms with Crippen molar-refractivity contribution in [1.29, 1.82) is 0 Å². The maximum absolute atomic E-state index is 4.59. The van der Waals surface area contributed by atoms with Crippen molar-refractivity contribution in [2.75, 3.05) is 13.6 Å². The summed E-state index contributed by atoms with van der Waals surface area (Å²) in [6.07, 6.45) is 5.55. The molecule has 1 fully saturated rings. The number of hydrogen-bond acceptors (Lipinski definition) is 2. The second-order valence-corrected chi connectivity index (χ2v) is 7.75. The van der Waals surface area contributed by atoms with Crippen LogP contribution in [0, 0.1) is 18.9 Å². The lowest BCUT2D eigenvalue weighted by molar-refractivity contribution is 0.311. The molecule has 0 saturated heterocycles. The molecule has 0 bridgehead atoms. The molecule has 26 heavy (non-hydrogen) atoms. The van der Waals surface area contributed by atoms with E-state index < -0.39 is 0 Å². The van der Waals surface area contributed by atoms with E-state index in [0.717, 1.165) is 25.1 Å². The van der Waals surface area contributed by atoms with Gasteiger partial charge in [0.1, 0.15) is 0 Å². The Morgan fingerprint density at radius 3 is 2.81 bits per heavy atom. The van der Waals surface area contributed by atoms with Gasteiger partial charge in [0.15, 0.2) is 0 Å². The van der Waals surface area contributed by atoms with Crippen molar-refractivity contribution >= 4 is 10.9 Å². The number of nitrogens with zero attached hydrogens (tertiary/aromatic N) is 3. The van der Waals surface area contributed by atoms with E-state index in [1.165, 1.54) is 46.3 Å². The van der Waals surface area contributed by atoms with Gasteiger partial charge in [0, 0.05) is 60.0 Å². The van der Waals surface area contributed by atoms with Gasteiger partial charge < -0.3 is 4.90 Å². The summed E-state index contributed by atoms with van der Waals surface area (Å²) in [6.45, 7) is 4.25. The fourth-order valence-electron chi connectivity index (χ4n) is 3.96. The van der Waals surface area contributed by atoms with Crippen LogP contribution in [0.15, 0.2) is 36.5 Å². The summed E-state index contributed by atoms with van der Waals surface area (Å²) < 4.78 is 2.21. The highest BCUT2D eigenvalue weighted by Gasteiger charge is 2.24. The zero-order chi connectivity index (χ0) is 17.7. The Kier molecular flexibility index (Phi) is 3.62. The van der Waals surface area contributed by atoms with Gasteiger partial charge in [0.2, 0.25) is 0 Å². The zero-order valence-corrected chi connectivity index (χ0v) is 15.4. The van der Waals surface area contributed by atoms with E-state index >= 15 is 0 Å². The average molecular weight is 341 g/mol. The van der Waals surface area contributed by atoms with Crippen molar-refractivity contribution in [3.8, 4) is 12.0 Å². The summed E-state index contributed by atoms with van der Waals surface area (Å²) in [4.78, 5) is 6.98. The number of rotatable bonds is 1. The first-order valence-electron chi connectivity index (χ1n) is 9.48. The Bertz CT molecular complexity index is 1040. The molecule has 1 aliphatic carbocycles. The molecule has 2 aliphatic rings. The number of fused-ring (bicyclic) bond motifs is 3. The van der Waals surface area contributed by atoms with E-state index in [-0.39, 0.29) is 0 Å². The molecule has 2 aromatic heterocycles. The number of aromatic nitrogens is 2. The molecule has 0 N–H and O–H groups in total. The summed E-state index contributed by atoms with van der Waals surface area (Å²) in [5, 5.41) is 1.35. The summed E-state index contributed by atoms with van der Waals surface area (Å²) in [5.41, 5.74) is 7.56. The van der Waals surface area contributed by atoms with Crippen LogP contribution in [0.3, 0.4) is 0 Å². The molecule has 0 atom stereocenters. The Morgan fingerprint density at radius 1 is 1.15 bits per heavy atom. The van der Waals surface area contributed by atoms with Gasteiger partial charge in [-0.3, -0.25) is 9.55 Å².